The van der Waals surface area contributed by atoms with E-state index in [2.05, 4.69) is 86.8 Å². The number of hydrogen-bond acceptors (Lipinski definition) is 4. The van der Waals surface area contributed by atoms with Crippen molar-refractivity contribution < 1.29 is 0 Å². The van der Waals surface area contributed by atoms with E-state index in [-0.39, 0.29) is 0 Å². The minimum absolute atomic E-state index is 0.710. The van der Waals surface area contributed by atoms with E-state index in [1.54, 1.807) is 0 Å². The van der Waals surface area contributed by atoms with Crippen molar-refractivity contribution in [2.45, 2.75) is 31.5 Å². The van der Waals surface area contributed by atoms with E-state index in [9.17, 15) is 0 Å². The van der Waals surface area contributed by atoms with Crippen LogP contribution >= 0.6 is 0 Å². The molecule has 0 radical (unpaired) electrons. The maximum absolute atomic E-state index is 4.73. The monoisotopic (exact) mass is 448 g/mol. The third-order valence-electron chi connectivity index (χ3n) is 7.77. The van der Waals surface area contributed by atoms with Crippen molar-refractivity contribution in [2.75, 3.05) is 20.1 Å². The Morgan fingerprint density at radius 3 is 2.56 bits per heavy atom. The van der Waals surface area contributed by atoms with Crippen LogP contribution in [0.4, 0.5) is 0 Å². The average molecular weight is 449 g/mol. The van der Waals surface area contributed by atoms with Gasteiger partial charge in [-0.1, -0.05) is 36.4 Å². The van der Waals surface area contributed by atoms with Gasteiger partial charge in [0.25, 0.3) is 0 Å². The Morgan fingerprint density at radius 2 is 1.74 bits per heavy atom. The van der Waals surface area contributed by atoms with Gasteiger partial charge in [-0.05, 0) is 48.7 Å². The molecule has 0 saturated carbocycles. The number of rotatable bonds is 4. The number of benzene rings is 2. The van der Waals surface area contributed by atoms with Crippen LogP contribution in [0.15, 0.2) is 67.1 Å². The van der Waals surface area contributed by atoms with Gasteiger partial charge in [-0.15, -0.1) is 0 Å². The summed E-state index contributed by atoms with van der Waals surface area (Å²) in [6, 6.07) is 19.0. The molecule has 3 aromatic heterocycles. The second kappa shape index (κ2) is 7.79. The van der Waals surface area contributed by atoms with Crippen LogP contribution in [0.2, 0.25) is 0 Å². The van der Waals surface area contributed by atoms with Crippen molar-refractivity contribution in [1.29, 1.82) is 0 Å². The summed E-state index contributed by atoms with van der Waals surface area (Å²) < 4.78 is 0. The van der Waals surface area contributed by atoms with E-state index < -0.39 is 0 Å². The van der Waals surface area contributed by atoms with E-state index >= 15 is 0 Å². The quantitative estimate of drug-likeness (QED) is 0.404. The second-order valence-electron chi connectivity index (χ2n) is 9.93. The minimum atomic E-state index is 0.710. The number of fused-ring (bicyclic) bond motifs is 4. The highest BCUT2D eigenvalue weighted by molar-refractivity contribution is 6.04. The predicted molar refractivity (Wildman–Crippen MR) is 136 cm³/mol. The molecule has 5 aromatic rings. The highest BCUT2D eigenvalue weighted by atomic mass is 15.3. The van der Waals surface area contributed by atoms with Crippen molar-refractivity contribution in [3.8, 4) is 22.3 Å². The van der Waals surface area contributed by atoms with Crippen LogP contribution < -0.4 is 0 Å². The summed E-state index contributed by atoms with van der Waals surface area (Å²) in [5, 5.41) is 9.55. The highest BCUT2D eigenvalue weighted by Crippen LogP contribution is 2.35. The van der Waals surface area contributed by atoms with E-state index in [4.69, 9.17) is 4.98 Å². The number of nitrogens with one attached hydrogen (secondary N) is 2. The lowest BCUT2D eigenvalue weighted by Gasteiger charge is -2.39. The standard InChI is InChI=1S/C28H28N6/c1-33-16-21-9-10-22(17-33)34(21)15-18-5-7-19(8-6-18)20-11-24-25(13-30-28(24)29-12-20)23-3-2-4-27-26(23)14-31-32-27/h2-8,11-14,21-22H,9-10,15-17H2,1H3,(H,29,30)(H,31,32). The van der Waals surface area contributed by atoms with Gasteiger partial charge in [-0.2, -0.15) is 5.10 Å². The summed E-state index contributed by atoms with van der Waals surface area (Å²) >= 11 is 0. The largest absolute Gasteiger partial charge is 0.346 e. The first-order valence-corrected chi connectivity index (χ1v) is 12.2. The third-order valence-corrected chi connectivity index (χ3v) is 7.77. The molecule has 7 rings (SSSR count). The fraction of sp³-hybridized carbons (Fsp3) is 0.286. The Balaban J connectivity index is 1.19. The Kier molecular flexibility index (Phi) is 4.57. The summed E-state index contributed by atoms with van der Waals surface area (Å²) in [5.41, 5.74) is 7.99. The maximum Gasteiger partial charge on any atom is 0.137 e. The molecule has 2 bridgehead atoms. The lowest BCUT2D eigenvalue weighted by Crippen LogP contribution is -2.51. The van der Waals surface area contributed by atoms with Gasteiger partial charge < -0.3 is 9.88 Å². The first-order chi connectivity index (χ1) is 16.7. The molecule has 6 heteroatoms. The van der Waals surface area contributed by atoms with Gasteiger partial charge in [0, 0.05) is 66.0 Å². The smallest absolute Gasteiger partial charge is 0.137 e. The van der Waals surface area contributed by atoms with Crippen LogP contribution in [0.3, 0.4) is 0 Å². The third kappa shape index (κ3) is 3.25. The van der Waals surface area contributed by atoms with Crippen molar-refractivity contribution >= 4 is 21.9 Å². The molecule has 0 aliphatic carbocycles. The summed E-state index contributed by atoms with van der Waals surface area (Å²) in [5.74, 6) is 0. The number of pyridine rings is 1. The Labute approximate surface area is 198 Å². The Bertz CT molecular complexity index is 1470. The zero-order valence-electron chi connectivity index (χ0n) is 19.3. The number of hydrogen-bond donors (Lipinski definition) is 2. The summed E-state index contributed by atoms with van der Waals surface area (Å²) in [4.78, 5) is 13.3. The van der Waals surface area contributed by atoms with Crippen LogP contribution in [-0.4, -0.2) is 62.2 Å². The lowest BCUT2D eigenvalue weighted by molar-refractivity contribution is 0.0760. The van der Waals surface area contributed by atoms with Gasteiger partial charge in [-0.25, -0.2) is 4.98 Å². The topological polar surface area (TPSA) is 63.8 Å². The second-order valence-corrected chi connectivity index (χ2v) is 9.93. The number of aromatic amines is 2. The molecule has 2 saturated heterocycles. The van der Waals surface area contributed by atoms with Crippen LogP contribution in [-0.2, 0) is 6.54 Å². The summed E-state index contributed by atoms with van der Waals surface area (Å²) in [7, 11) is 2.26. The van der Waals surface area contributed by atoms with Crippen LogP contribution in [0.25, 0.3) is 44.2 Å². The number of nitrogens with zero attached hydrogens (tertiary/aromatic N) is 4. The van der Waals surface area contributed by atoms with E-state index in [1.165, 1.54) is 37.1 Å². The van der Waals surface area contributed by atoms with E-state index in [0.29, 0.717) is 12.1 Å². The maximum atomic E-state index is 4.73. The van der Waals surface area contributed by atoms with Crippen LogP contribution in [0, 0.1) is 0 Å². The molecule has 2 N–H and O–H groups in total. The van der Waals surface area contributed by atoms with E-state index in [1.807, 2.05) is 12.4 Å². The molecule has 2 aromatic carbocycles. The molecule has 0 spiro atoms. The molecule has 2 atom stereocenters. The Hall–Kier alpha value is -3.48. The van der Waals surface area contributed by atoms with Gasteiger partial charge in [-0.3, -0.25) is 10.00 Å². The van der Waals surface area contributed by atoms with Crippen LogP contribution in [0.5, 0.6) is 0 Å². The predicted octanol–water partition coefficient (Wildman–Crippen LogP) is 5.05. The summed E-state index contributed by atoms with van der Waals surface area (Å²) in [6.45, 7) is 3.45. The van der Waals surface area contributed by atoms with Crippen LogP contribution in [0.1, 0.15) is 18.4 Å². The molecular formula is C28H28N6. The van der Waals surface area contributed by atoms with Gasteiger partial charge in [0.15, 0.2) is 0 Å². The molecule has 2 fully saturated rings. The van der Waals surface area contributed by atoms with Crippen molar-refractivity contribution in [1.82, 2.24) is 30.0 Å². The molecular weight excluding hydrogens is 420 g/mol. The fourth-order valence-electron chi connectivity index (χ4n) is 6.06. The molecule has 6 nitrogen and oxygen atoms in total. The van der Waals surface area contributed by atoms with Crippen molar-refractivity contribution in [3.05, 3.63) is 72.7 Å². The number of H-pyrrole nitrogens is 2. The minimum Gasteiger partial charge on any atom is -0.346 e. The average Bonchev–Trinajstić information content (AvgIpc) is 3.56. The molecule has 2 aliphatic heterocycles. The number of likely N-dealkylation sites (N-methyl/N-ethyl adjacent to an activating group) is 1. The lowest BCUT2D eigenvalue weighted by atomic mass is 9.99. The molecule has 170 valence electrons. The number of aromatic nitrogens is 4. The normalized spacial score (nSPS) is 21.1. The molecule has 2 unspecified atom stereocenters. The highest BCUT2D eigenvalue weighted by Gasteiger charge is 2.38. The first-order valence-electron chi connectivity index (χ1n) is 12.2. The zero-order chi connectivity index (χ0) is 22.6. The number of piperazine rings is 1. The van der Waals surface area contributed by atoms with Gasteiger partial charge >= 0.3 is 0 Å². The summed E-state index contributed by atoms with van der Waals surface area (Å²) in [6.07, 6.45) is 8.59. The van der Waals surface area contributed by atoms with Crippen molar-refractivity contribution in [2.24, 2.45) is 0 Å². The van der Waals surface area contributed by atoms with E-state index in [0.717, 1.165) is 45.2 Å². The molecule has 34 heavy (non-hydrogen) atoms. The molecule has 0 amide bonds. The number of likely N-dealkylation sites (tertiary alicyclic amines) is 1. The molecule has 2 aliphatic rings. The first kappa shape index (κ1) is 19.9. The van der Waals surface area contributed by atoms with Crippen molar-refractivity contribution in [3.63, 3.8) is 0 Å². The fourth-order valence-corrected chi connectivity index (χ4v) is 6.06. The van der Waals surface area contributed by atoms with Gasteiger partial charge in [0.1, 0.15) is 5.65 Å². The van der Waals surface area contributed by atoms with Gasteiger partial charge in [0.05, 0.1) is 11.7 Å². The zero-order valence-corrected chi connectivity index (χ0v) is 19.3. The van der Waals surface area contributed by atoms with Gasteiger partial charge in [0.2, 0.25) is 0 Å². The SMILES string of the molecule is CN1CC2CCC(C1)N2Cc1ccc(-c2cnc3[nH]cc(-c4cccc5[nH]ncc45)c3c2)cc1. The Morgan fingerprint density at radius 1 is 0.912 bits per heavy atom. The molecule has 5 heterocycles.